The molecule has 0 atom stereocenters. The highest BCUT2D eigenvalue weighted by Crippen LogP contribution is 2.23. The molecule has 1 aromatic carbocycles. The van der Waals surface area contributed by atoms with E-state index in [9.17, 15) is 14.4 Å². The molecule has 0 N–H and O–H groups in total. The number of likely N-dealkylation sites (tertiary alicyclic amines) is 1. The van der Waals surface area contributed by atoms with Gasteiger partial charge in [0.15, 0.2) is 0 Å². The largest absolute Gasteiger partial charge is 0.339 e. The zero-order chi connectivity index (χ0) is 14.8. The maximum atomic E-state index is 12.3. The smallest absolute Gasteiger partial charge is 0.253 e. The third kappa shape index (κ3) is 2.68. The topological polar surface area (TPSA) is 57.7 Å². The lowest BCUT2D eigenvalue weighted by Gasteiger charge is -2.26. The second kappa shape index (κ2) is 5.68. The van der Waals surface area contributed by atoms with Gasteiger partial charge in [0.2, 0.25) is 11.8 Å². The van der Waals surface area contributed by atoms with E-state index in [1.165, 1.54) is 11.3 Å². The fourth-order valence-electron chi connectivity index (χ4n) is 2.90. The fourth-order valence-corrected chi connectivity index (χ4v) is 2.90. The quantitative estimate of drug-likeness (QED) is 0.781. The van der Waals surface area contributed by atoms with Gasteiger partial charge in [0, 0.05) is 31.5 Å². The Labute approximate surface area is 123 Å². The van der Waals surface area contributed by atoms with Crippen LogP contribution in [-0.2, 0) is 9.59 Å². The monoisotopic (exact) mass is 286 g/mol. The zero-order valence-corrected chi connectivity index (χ0v) is 11.9. The molecule has 0 unspecified atom stereocenters. The van der Waals surface area contributed by atoms with Crippen molar-refractivity contribution in [1.29, 1.82) is 0 Å². The lowest BCUT2D eigenvalue weighted by molar-refractivity contribution is -0.121. The van der Waals surface area contributed by atoms with Crippen LogP contribution in [0.15, 0.2) is 24.3 Å². The molecule has 5 nitrogen and oxygen atoms in total. The van der Waals surface area contributed by atoms with Crippen LogP contribution in [0, 0.1) is 0 Å². The number of carbonyl (C=O) groups is 3. The van der Waals surface area contributed by atoms with Crippen LogP contribution >= 0.6 is 0 Å². The van der Waals surface area contributed by atoms with Crippen LogP contribution in [-0.4, -0.2) is 35.7 Å². The second-order valence-electron chi connectivity index (χ2n) is 5.52. The summed E-state index contributed by atoms with van der Waals surface area (Å²) in [4.78, 5) is 38.8. The predicted molar refractivity (Wildman–Crippen MR) is 77.9 cm³/mol. The lowest BCUT2D eigenvalue weighted by Crippen LogP contribution is -2.35. The normalized spacial score (nSPS) is 19.2. The zero-order valence-electron chi connectivity index (χ0n) is 11.9. The second-order valence-corrected chi connectivity index (χ2v) is 5.52. The molecule has 21 heavy (non-hydrogen) atoms. The standard InChI is InChI=1S/C16H18N2O3/c19-14-8-9-15(20)18(14)13-6-4-12(5-7-13)16(21)17-10-2-1-3-11-17/h4-7H,1-3,8-11H2. The van der Waals surface area contributed by atoms with Gasteiger partial charge in [-0.3, -0.25) is 19.3 Å². The van der Waals surface area contributed by atoms with Gasteiger partial charge in [-0.05, 0) is 43.5 Å². The van der Waals surface area contributed by atoms with Gasteiger partial charge in [0.05, 0.1) is 5.69 Å². The third-order valence-corrected chi connectivity index (χ3v) is 4.07. The van der Waals surface area contributed by atoms with E-state index in [4.69, 9.17) is 0 Å². The van der Waals surface area contributed by atoms with Crippen molar-refractivity contribution >= 4 is 23.4 Å². The average molecular weight is 286 g/mol. The number of rotatable bonds is 2. The Hall–Kier alpha value is -2.17. The molecule has 3 amide bonds. The van der Waals surface area contributed by atoms with Crippen LogP contribution in [0.4, 0.5) is 5.69 Å². The Morgan fingerprint density at radius 2 is 1.43 bits per heavy atom. The molecule has 0 radical (unpaired) electrons. The molecule has 2 fully saturated rings. The van der Waals surface area contributed by atoms with E-state index in [-0.39, 0.29) is 30.6 Å². The summed E-state index contributed by atoms with van der Waals surface area (Å²) < 4.78 is 0. The molecule has 2 aliphatic rings. The summed E-state index contributed by atoms with van der Waals surface area (Å²) in [6, 6.07) is 6.76. The molecule has 0 saturated carbocycles. The number of imide groups is 1. The minimum absolute atomic E-state index is 0.0281. The van der Waals surface area contributed by atoms with Crippen LogP contribution < -0.4 is 4.90 Å². The van der Waals surface area contributed by atoms with E-state index in [0.29, 0.717) is 11.3 Å². The third-order valence-electron chi connectivity index (χ3n) is 4.07. The summed E-state index contributed by atoms with van der Waals surface area (Å²) >= 11 is 0. The molecule has 0 bridgehead atoms. The van der Waals surface area contributed by atoms with Crippen molar-refractivity contribution < 1.29 is 14.4 Å². The SMILES string of the molecule is O=C(c1ccc(N2C(=O)CCC2=O)cc1)N1CCCCC1. The van der Waals surface area contributed by atoms with Crippen molar-refractivity contribution in [2.75, 3.05) is 18.0 Å². The van der Waals surface area contributed by atoms with Gasteiger partial charge in [0.1, 0.15) is 0 Å². The molecule has 3 rings (SSSR count). The van der Waals surface area contributed by atoms with Crippen LogP contribution in [0.3, 0.4) is 0 Å². The van der Waals surface area contributed by atoms with E-state index in [1.54, 1.807) is 24.3 Å². The fraction of sp³-hybridized carbons (Fsp3) is 0.438. The Kier molecular flexibility index (Phi) is 3.73. The highest BCUT2D eigenvalue weighted by atomic mass is 16.2. The first-order chi connectivity index (χ1) is 10.2. The van der Waals surface area contributed by atoms with E-state index in [1.807, 2.05) is 4.90 Å². The maximum absolute atomic E-state index is 12.3. The Morgan fingerprint density at radius 1 is 0.857 bits per heavy atom. The summed E-state index contributed by atoms with van der Waals surface area (Å²) in [6.45, 7) is 1.62. The van der Waals surface area contributed by atoms with Crippen molar-refractivity contribution in [2.24, 2.45) is 0 Å². The summed E-state index contributed by atoms with van der Waals surface area (Å²) in [5.74, 6) is -0.314. The van der Waals surface area contributed by atoms with Gasteiger partial charge in [-0.25, -0.2) is 0 Å². The highest BCUT2D eigenvalue weighted by molar-refractivity contribution is 6.19. The van der Waals surface area contributed by atoms with E-state index in [2.05, 4.69) is 0 Å². The Morgan fingerprint density at radius 3 is 2.00 bits per heavy atom. The number of hydrogen-bond donors (Lipinski definition) is 0. The summed E-state index contributed by atoms with van der Waals surface area (Å²) in [5, 5.41) is 0. The van der Waals surface area contributed by atoms with Gasteiger partial charge in [-0.15, -0.1) is 0 Å². The Bertz CT molecular complexity index is 558. The van der Waals surface area contributed by atoms with Crippen LogP contribution in [0.1, 0.15) is 42.5 Å². The molecule has 110 valence electrons. The van der Waals surface area contributed by atoms with E-state index < -0.39 is 0 Å². The molecule has 1 aromatic rings. The molecular formula is C16H18N2O3. The molecule has 0 aliphatic carbocycles. The number of anilines is 1. The van der Waals surface area contributed by atoms with Crippen molar-refractivity contribution in [3.8, 4) is 0 Å². The van der Waals surface area contributed by atoms with Gasteiger partial charge in [-0.2, -0.15) is 0 Å². The van der Waals surface area contributed by atoms with Gasteiger partial charge < -0.3 is 4.90 Å². The minimum atomic E-state index is -0.171. The number of piperidine rings is 1. The molecule has 2 aliphatic heterocycles. The maximum Gasteiger partial charge on any atom is 0.253 e. The van der Waals surface area contributed by atoms with Crippen LogP contribution in [0.5, 0.6) is 0 Å². The molecule has 2 heterocycles. The molecule has 2 saturated heterocycles. The highest BCUT2D eigenvalue weighted by Gasteiger charge is 2.30. The summed E-state index contributed by atoms with van der Waals surface area (Å²) in [7, 11) is 0. The predicted octanol–water partition coefficient (Wildman–Crippen LogP) is 1.97. The summed E-state index contributed by atoms with van der Waals surface area (Å²) in [6.07, 6.45) is 3.84. The molecule has 0 aromatic heterocycles. The summed E-state index contributed by atoms with van der Waals surface area (Å²) in [5.41, 5.74) is 1.16. The van der Waals surface area contributed by atoms with Gasteiger partial charge in [0.25, 0.3) is 5.91 Å². The van der Waals surface area contributed by atoms with Crippen molar-refractivity contribution in [2.45, 2.75) is 32.1 Å². The van der Waals surface area contributed by atoms with Gasteiger partial charge in [-0.1, -0.05) is 0 Å². The lowest BCUT2D eigenvalue weighted by atomic mass is 10.1. The van der Waals surface area contributed by atoms with Crippen molar-refractivity contribution in [1.82, 2.24) is 4.90 Å². The number of hydrogen-bond acceptors (Lipinski definition) is 3. The Balaban J connectivity index is 1.76. The number of amides is 3. The minimum Gasteiger partial charge on any atom is -0.339 e. The first-order valence-corrected chi connectivity index (χ1v) is 7.42. The molecular weight excluding hydrogens is 268 g/mol. The van der Waals surface area contributed by atoms with Gasteiger partial charge >= 0.3 is 0 Å². The molecule has 5 heteroatoms. The molecule has 0 spiro atoms. The first kappa shape index (κ1) is 13.8. The van der Waals surface area contributed by atoms with Crippen LogP contribution in [0.2, 0.25) is 0 Å². The first-order valence-electron chi connectivity index (χ1n) is 7.42. The van der Waals surface area contributed by atoms with Crippen molar-refractivity contribution in [3.63, 3.8) is 0 Å². The van der Waals surface area contributed by atoms with E-state index >= 15 is 0 Å². The van der Waals surface area contributed by atoms with E-state index in [0.717, 1.165) is 25.9 Å². The number of carbonyl (C=O) groups excluding carboxylic acids is 3. The average Bonchev–Trinajstić information content (AvgIpc) is 2.87. The van der Waals surface area contributed by atoms with Crippen molar-refractivity contribution in [3.05, 3.63) is 29.8 Å². The number of nitrogens with zero attached hydrogens (tertiary/aromatic N) is 2. The van der Waals surface area contributed by atoms with Crippen LogP contribution in [0.25, 0.3) is 0 Å². The number of benzene rings is 1.